The van der Waals surface area contributed by atoms with Crippen molar-refractivity contribution in [3.63, 3.8) is 0 Å². The standard InChI is InChI=1S/C18H22ClN3OS.ClH/c1-21(12-14-5-4-10-24-14)18(23)13-22-9-8-20-11-17(22)15-6-2-3-7-16(15)19;/h2-7,10,17,20H,8-9,11-13H2,1H3;1H. The molecule has 0 radical (unpaired) electrons. The molecule has 0 saturated carbocycles. The molecule has 2 aromatic rings. The molecule has 1 N–H and O–H groups in total. The van der Waals surface area contributed by atoms with Crippen LogP contribution >= 0.6 is 35.3 Å². The highest BCUT2D eigenvalue weighted by atomic mass is 35.5. The van der Waals surface area contributed by atoms with Gasteiger partial charge in [-0.25, -0.2) is 0 Å². The lowest BCUT2D eigenvalue weighted by molar-refractivity contribution is -0.132. The number of piperazine rings is 1. The summed E-state index contributed by atoms with van der Waals surface area (Å²) in [7, 11) is 1.87. The van der Waals surface area contributed by atoms with Gasteiger partial charge in [-0.3, -0.25) is 9.69 Å². The Labute approximate surface area is 164 Å². The molecule has 1 aliphatic rings. The largest absolute Gasteiger partial charge is 0.340 e. The normalized spacial score (nSPS) is 17.8. The Morgan fingerprint density at radius 3 is 2.88 bits per heavy atom. The summed E-state index contributed by atoms with van der Waals surface area (Å²) < 4.78 is 0. The van der Waals surface area contributed by atoms with Gasteiger partial charge in [0.05, 0.1) is 13.1 Å². The average molecular weight is 400 g/mol. The molecule has 1 aromatic carbocycles. The number of carbonyl (C=O) groups excluding carboxylic acids is 1. The maximum atomic E-state index is 12.6. The molecule has 1 aromatic heterocycles. The van der Waals surface area contributed by atoms with Crippen LogP contribution in [-0.4, -0.2) is 48.9 Å². The van der Waals surface area contributed by atoms with Crippen LogP contribution in [0.4, 0.5) is 0 Å². The summed E-state index contributed by atoms with van der Waals surface area (Å²) in [5.41, 5.74) is 1.08. The van der Waals surface area contributed by atoms with E-state index in [0.717, 1.165) is 30.2 Å². The van der Waals surface area contributed by atoms with Crippen molar-refractivity contribution in [1.29, 1.82) is 0 Å². The zero-order valence-corrected chi connectivity index (χ0v) is 16.5. The third-order valence-corrected chi connectivity index (χ3v) is 5.56. The van der Waals surface area contributed by atoms with Gasteiger partial charge in [-0.1, -0.05) is 35.9 Å². The molecule has 0 aliphatic carbocycles. The summed E-state index contributed by atoms with van der Waals surface area (Å²) in [5, 5.41) is 6.20. The summed E-state index contributed by atoms with van der Waals surface area (Å²) in [6.07, 6.45) is 0. The molecule has 1 unspecified atom stereocenters. The minimum Gasteiger partial charge on any atom is -0.340 e. The highest BCUT2D eigenvalue weighted by Crippen LogP contribution is 2.28. The Bertz CT molecular complexity index is 681. The van der Waals surface area contributed by atoms with Gasteiger partial charge >= 0.3 is 0 Å². The number of hydrogen-bond acceptors (Lipinski definition) is 4. The van der Waals surface area contributed by atoms with Crippen molar-refractivity contribution in [3.05, 3.63) is 57.2 Å². The number of thiophene rings is 1. The van der Waals surface area contributed by atoms with Gasteiger partial charge in [0.25, 0.3) is 0 Å². The second-order valence-corrected chi connectivity index (χ2v) is 7.48. The van der Waals surface area contributed by atoms with Gasteiger partial charge in [0.1, 0.15) is 0 Å². The van der Waals surface area contributed by atoms with E-state index in [1.807, 2.05) is 42.8 Å². The molecule has 1 amide bonds. The molecular formula is C18H23Cl2N3OS. The monoisotopic (exact) mass is 399 g/mol. The number of nitrogens with one attached hydrogen (secondary N) is 1. The van der Waals surface area contributed by atoms with Crippen LogP contribution in [0.1, 0.15) is 16.5 Å². The number of amides is 1. The molecule has 25 heavy (non-hydrogen) atoms. The van der Waals surface area contributed by atoms with Gasteiger partial charge in [-0.2, -0.15) is 0 Å². The Hall–Kier alpha value is -1.11. The van der Waals surface area contributed by atoms with Crippen LogP contribution < -0.4 is 5.32 Å². The number of nitrogens with zero attached hydrogens (tertiary/aromatic N) is 2. The first-order chi connectivity index (χ1) is 11.6. The molecule has 3 rings (SSSR count). The Balaban J connectivity index is 0.00000225. The van der Waals surface area contributed by atoms with Gasteiger partial charge in [0.15, 0.2) is 0 Å². The van der Waals surface area contributed by atoms with Crippen molar-refractivity contribution in [3.8, 4) is 0 Å². The van der Waals surface area contributed by atoms with Crippen LogP contribution in [0.2, 0.25) is 5.02 Å². The van der Waals surface area contributed by atoms with E-state index < -0.39 is 0 Å². The van der Waals surface area contributed by atoms with E-state index >= 15 is 0 Å². The summed E-state index contributed by atoms with van der Waals surface area (Å²) in [6, 6.07) is 12.1. The Morgan fingerprint density at radius 2 is 2.16 bits per heavy atom. The Morgan fingerprint density at radius 1 is 1.36 bits per heavy atom. The van der Waals surface area contributed by atoms with Crippen LogP contribution in [0.5, 0.6) is 0 Å². The van der Waals surface area contributed by atoms with Crippen LogP contribution in [0, 0.1) is 0 Å². The molecule has 4 nitrogen and oxygen atoms in total. The van der Waals surface area contributed by atoms with E-state index in [1.54, 1.807) is 16.2 Å². The Kier molecular flexibility index (Phi) is 7.72. The minimum atomic E-state index is 0. The summed E-state index contributed by atoms with van der Waals surface area (Å²) in [5.74, 6) is 0.141. The van der Waals surface area contributed by atoms with Gasteiger partial charge in [-0.15, -0.1) is 23.7 Å². The third-order valence-electron chi connectivity index (χ3n) is 4.36. The van der Waals surface area contributed by atoms with Gasteiger partial charge in [-0.05, 0) is 23.1 Å². The maximum absolute atomic E-state index is 12.6. The SMILES string of the molecule is CN(Cc1cccs1)C(=O)CN1CCNCC1c1ccccc1Cl.Cl. The molecule has 136 valence electrons. The molecule has 1 atom stereocenters. The lowest BCUT2D eigenvalue weighted by Crippen LogP contribution is -2.49. The van der Waals surface area contributed by atoms with Crippen molar-refractivity contribution in [2.75, 3.05) is 33.2 Å². The predicted octanol–water partition coefficient (Wildman–Crippen LogP) is 3.43. The molecule has 2 heterocycles. The molecule has 0 bridgehead atoms. The second kappa shape index (κ2) is 9.55. The summed E-state index contributed by atoms with van der Waals surface area (Å²) in [6.45, 7) is 3.63. The topological polar surface area (TPSA) is 35.6 Å². The van der Waals surface area contributed by atoms with Crippen LogP contribution in [-0.2, 0) is 11.3 Å². The first-order valence-corrected chi connectivity index (χ1v) is 9.36. The minimum absolute atomic E-state index is 0. The number of carbonyl (C=O) groups is 1. The second-order valence-electron chi connectivity index (χ2n) is 6.04. The number of rotatable bonds is 5. The summed E-state index contributed by atoms with van der Waals surface area (Å²) in [4.78, 5) is 17.9. The molecule has 0 spiro atoms. The average Bonchev–Trinajstić information content (AvgIpc) is 3.09. The van der Waals surface area contributed by atoms with Crippen molar-refractivity contribution in [1.82, 2.24) is 15.1 Å². The molecule has 1 fully saturated rings. The first kappa shape index (κ1) is 20.2. The predicted molar refractivity (Wildman–Crippen MR) is 107 cm³/mol. The van der Waals surface area contributed by atoms with Crippen molar-refractivity contribution in [2.24, 2.45) is 0 Å². The van der Waals surface area contributed by atoms with Gasteiger partial charge in [0, 0.05) is 42.6 Å². The molecule has 1 aliphatic heterocycles. The van der Waals surface area contributed by atoms with Crippen LogP contribution in [0.15, 0.2) is 41.8 Å². The number of hydrogen-bond donors (Lipinski definition) is 1. The fraction of sp³-hybridized carbons (Fsp3) is 0.389. The van der Waals surface area contributed by atoms with Crippen LogP contribution in [0.3, 0.4) is 0 Å². The van der Waals surface area contributed by atoms with E-state index in [4.69, 9.17) is 11.6 Å². The molecular weight excluding hydrogens is 377 g/mol. The van der Waals surface area contributed by atoms with E-state index in [2.05, 4.69) is 16.3 Å². The highest BCUT2D eigenvalue weighted by Gasteiger charge is 2.27. The van der Waals surface area contributed by atoms with Crippen LogP contribution in [0.25, 0.3) is 0 Å². The number of halogens is 2. The molecule has 1 saturated heterocycles. The van der Waals surface area contributed by atoms with Crippen molar-refractivity contribution < 1.29 is 4.79 Å². The van der Waals surface area contributed by atoms with E-state index in [-0.39, 0.29) is 24.4 Å². The smallest absolute Gasteiger partial charge is 0.236 e. The first-order valence-electron chi connectivity index (χ1n) is 8.10. The fourth-order valence-corrected chi connectivity index (χ4v) is 4.03. The highest BCUT2D eigenvalue weighted by molar-refractivity contribution is 7.09. The zero-order chi connectivity index (χ0) is 16.9. The van der Waals surface area contributed by atoms with E-state index in [0.29, 0.717) is 13.1 Å². The van der Waals surface area contributed by atoms with Gasteiger partial charge in [0.2, 0.25) is 5.91 Å². The fourth-order valence-electron chi connectivity index (χ4n) is 3.01. The number of benzene rings is 1. The van der Waals surface area contributed by atoms with E-state index in [9.17, 15) is 4.79 Å². The zero-order valence-electron chi connectivity index (χ0n) is 14.2. The lowest BCUT2D eigenvalue weighted by atomic mass is 10.0. The maximum Gasteiger partial charge on any atom is 0.236 e. The quantitative estimate of drug-likeness (QED) is 0.836. The van der Waals surface area contributed by atoms with E-state index in [1.165, 1.54) is 4.88 Å². The van der Waals surface area contributed by atoms with Gasteiger partial charge < -0.3 is 10.2 Å². The lowest BCUT2D eigenvalue weighted by Gasteiger charge is -2.37. The summed E-state index contributed by atoms with van der Waals surface area (Å²) >= 11 is 8.05. The van der Waals surface area contributed by atoms with Crippen molar-refractivity contribution >= 4 is 41.3 Å². The molecule has 7 heteroatoms. The van der Waals surface area contributed by atoms with Crippen molar-refractivity contribution in [2.45, 2.75) is 12.6 Å². The third kappa shape index (κ3) is 5.19. The number of likely N-dealkylation sites (N-methyl/N-ethyl adjacent to an activating group) is 1.